The Morgan fingerprint density at radius 2 is 1.59 bits per heavy atom. The molecule has 0 spiro atoms. The highest BCUT2D eigenvalue weighted by molar-refractivity contribution is 5.42. The molecular formula is C11H22N6. The molecule has 0 saturated carbocycles. The lowest BCUT2D eigenvalue weighted by atomic mass is 10.1. The number of nitrogens with one attached hydrogen (secondary N) is 2. The molecule has 2 N–H and O–H groups in total. The van der Waals surface area contributed by atoms with E-state index >= 15 is 0 Å². The first-order chi connectivity index (χ1) is 7.93. The van der Waals surface area contributed by atoms with Gasteiger partial charge in [0.05, 0.1) is 0 Å². The molecule has 0 aliphatic rings. The average molecular weight is 238 g/mol. The number of aromatic nitrogens is 3. The van der Waals surface area contributed by atoms with E-state index in [1.807, 2.05) is 19.0 Å². The summed E-state index contributed by atoms with van der Waals surface area (Å²) in [7, 11) is 5.61. The molecule has 6 heteroatoms. The number of hydrogen-bond donors (Lipinski definition) is 2. The van der Waals surface area contributed by atoms with Gasteiger partial charge in [-0.15, -0.1) is 0 Å². The maximum atomic E-state index is 4.36. The molecule has 0 amide bonds. The van der Waals surface area contributed by atoms with E-state index < -0.39 is 0 Å². The predicted octanol–water partition coefficient (Wildman–Crippen LogP) is 1.44. The number of rotatable bonds is 5. The third kappa shape index (κ3) is 3.72. The smallest absolute Gasteiger partial charge is 0.231 e. The van der Waals surface area contributed by atoms with Gasteiger partial charge in [0.15, 0.2) is 0 Å². The van der Waals surface area contributed by atoms with Crippen LogP contribution in [0, 0.1) is 5.92 Å². The monoisotopic (exact) mass is 238 g/mol. The molecular weight excluding hydrogens is 216 g/mol. The average Bonchev–Trinajstić information content (AvgIpc) is 2.28. The first-order valence-corrected chi connectivity index (χ1v) is 5.81. The molecule has 1 unspecified atom stereocenters. The van der Waals surface area contributed by atoms with Crippen molar-refractivity contribution in [2.45, 2.75) is 26.8 Å². The number of nitrogens with zero attached hydrogens (tertiary/aromatic N) is 4. The van der Waals surface area contributed by atoms with Crippen LogP contribution in [-0.2, 0) is 0 Å². The van der Waals surface area contributed by atoms with Crippen LogP contribution in [0.1, 0.15) is 20.8 Å². The number of hydrogen-bond acceptors (Lipinski definition) is 6. The third-order valence-electron chi connectivity index (χ3n) is 2.60. The zero-order chi connectivity index (χ0) is 13.0. The second-order valence-electron chi connectivity index (χ2n) is 4.60. The normalized spacial score (nSPS) is 12.4. The molecule has 1 heterocycles. The van der Waals surface area contributed by atoms with E-state index in [2.05, 4.69) is 46.4 Å². The van der Waals surface area contributed by atoms with Gasteiger partial charge in [-0.2, -0.15) is 15.0 Å². The van der Waals surface area contributed by atoms with Gasteiger partial charge in [0, 0.05) is 27.2 Å². The summed E-state index contributed by atoms with van der Waals surface area (Å²) < 4.78 is 0. The maximum absolute atomic E-state index is 4.36. The fourth-order valence-corrected chi connectivity index (χ4v) is 1.11. The van der Waals surface area contributed by atoms with Crippen molar-refractivity contribution in [3.8, 4) is 0 Å². The predicted molar refractivity (Wildman–Crippen MR) is 71.6 cm³/mol. The molecule has 0 aromatic carbocycles. The minimum atomic E-state index is 0.317. The summed E-state index contributed by atoms with van der Waals surface area (Å²) in [6.07, 6.45) is 0. The van der Waals surface area contributed by atoms with Crippen molar-refractivity contribution in [1.29, 1.82) is 0 Å². The second-order valence-corrected chi connectivity index (χ2v) is 4.60. The summed E-state index contributed by atoms with van der Waals surface area (Å²) >= 11 is 0. The molecule has 1 aromatic rings. The zero-order valence-corrected chi connectivity index (χ0v) is 11.4. The van der Waals surface area contributed by atoms with Crippen LogP contribution in [-0.4, -0.2) is 42.1 Å². The molecule has 0 radical (unpaired) electrons. The minimum absolute atomic E-state index is 0.317. The van der Waals surface area contributed by atoms with Gasteiger partial charge in [-0.05, 0) is 12.8 Å². The Balaban J connectivity index is 2.94. The lowest BCUT2D eigenvalue weighted by Crippen LogP contribution is -2.24. The van der Waals surface area contributed by atoms with Gasteiger partial charge < -0.3 is 15.5 Å². The highest BCUT2D eigenvalue weighted by atomic mass is 15.3. The Hall–Kier alpha value is -1.59. The van der Waals surface area contributed by atoms with Crippen molar-refractivity contribution >= 4 is 17.8 Å². The van der Waals surface area contributed by atoms with Crippen LogP contribution in [0.25, 0.3) is 0 Å². The van der Waals surface area contributed by atoms with Gasteiger partial charge in [0.25, 0.3) is 0 Å². The van der Waals surface area contributed by atoms with Crippen molar-refractivity contribution in [3.05, 3.63) is 0 Å². The van der Waals surface area contributed by atoms with E-state index in [1.165, 1.54) is 0 Å². The topological polar surface area (TPSA) is 66.0 Å². The van der Waals surface area contributed by atoms with Crippen molar-refractivity contribution < 1.29 is 0 Å². The first-order valence-electron chi connectivity index (χ1n) is 5.81. The molecule has 0 fully saturated rings. The Morgan fingerprint density at radius 3 is 2.06 bits per heavy atom. The van der Waals surface area contributed by atoms with Gasteiger partial charge in [-0.1, -0.05) is 13.8 Å². The first kappa shape index (κ1) is 13.5. The van der Waals surface area contributed by atoms with Gasteiger partial charge >= 0.3 is 0 Å². The fraction of sp³-hybridized carbons (Fsp3) is 0.727. The summed E-state index contributed by atoms with van der Waals surface area (Å²) in [4.78, 5) is 14.8. The standard InChI is InChI=1S/C11H22N6/c1-7(2)8(3)13-10-14-9(12-4)15-11(16-10)17(5)6/h7-8H,1-6H3,(H2,12,13,14,15,16). The summed E-state index contributed by atoms with van der Waals surface area (Å²) in [6, 6.07) is 0.317. The Morgan fingerprint density at radius 1 is 1.00 bits per heavy atom. The third-order valence-corrected chi connectivity index (χ3v) is 2.60. The highest BCUT2D eigenvalue weighted by Gasteiger charge is 2.11. The van der Waals surface area contributed by atoms with E-state index in [1.54, 1.807) is 7.05 Å². The van der Waals surface area contributed by atoms with Crippen molar-refractivity contribution in [2.24, 2.45) is 5.92 Å². The molecule has 1 aromatic heterocycles. The molecule has 0 saturated heterocycles. The SMILES string of the molecule is CNc1nc(NC(C)C(C)C)nc(N(C)C)n1. The largest absolute Gasteiger partial charge is 0.357 e. The molecule has 96 valence electrons. The van der Waals surface area contributed by atoms with Crippen molar-refractivity contribution in [2.75, 3.05) is 36.7 Å². The molecule has 1 rings (SSSR count). The fourth-order valence-electron chi connectivity index (χ4n) is 1.11. The van der Waals surface area contributed by atoms with Crippen molar-refractivity contribution in [1.82, 2.24) is 15.0 Å². The summed E-state index contributed by atoms with van der Waals surface area (Å²) in [5.74, 6) is 2.34. The molecule has 0 bridgehead atoms. The second kappa shape index (κ2) is 5.65. The summed E-state index contributed by atoms with van der Waals surface area (Å²) in [5, 5.41) is 6.22. The number of anilines is 3. The lowest BCUT2D eigenvalue weighted by Gasteiger charge is -2.19. The van der Waals surface area contributed by atoms with Gasteiger partial charge in [0.1, 0.15) is 0 Å². The molecule has 1 atom stereocenters. The van der Waals surface area contributed by atoms with Crippen molar-refractivity contribution in [3.63, 3.8) is 0 Å². The molecule has 17 heavy (non-hydrogen) atoms. The van der Waals surface area contributed by atoms with Gasteiger partial charge in [0.2, 0.25) is 17.8 Å². The van der Waals surface area contributed by atoms with E-state index in [-0.39, 0.29) is 0 Å². The van der Waals surface area contributed by atoms with E-state index in [0.717, 1.165) is 0 Å². The van der Waals surface area contributed by atoms with Crippen LogP contribution in [0.2, 0.25) is 0 Å². The van der Waals surface area contributed by atoms with Crippen LogP contribution in [0.5, 0.6) is 0 Å². The van der Waals surface area contributed by atoms with Crippen LogP contribution in [0.3, 0.4) is 0 Å². The highest BCUT2D eigenvalue weighted by Crippen LogP contribution is 2.13. The van der Waals surface area contributed by atoms with Crippen LogP contribution >= 0.6 is 0 Å². The van der Waals surface area contributed by atoms with E-state index in [9.17, 15) is 0 Å². The summed E-state index contributed by atoms with van der Waals surface area (Å²) in [6.45, 7) is 6.43. The Bertz CT molecular complexity index is 363. The maximum Gasteiger partial charge on any atom is 0.231 e. The Labute approximate surface area is 103 Å². The van der Waals surface area contributed by atoms with Gasteiger partial charge in [-0.25, -0.2) is 0 Å². The van der Waals surface area contributed by atoms with E-state index in [0.29, 0.717) is 29.8 Å². The Kier molecular flexibility index (Phi) is 4.48. The van der Waals surface area contributed by atoms with Gasteiger partial charge in [-0.3, -0.25) is 0 Å². The molecule has 0 aliphatic heterocycles. The summed E-state index contributed by atoms with van der Waals surface area (Å²) in [5.41, 5.74) is 0. The lowest BCUT2D eigenvalue weighted by molar-refractivity contribution is 0.556. The quantitative estimate of drug-likeness (QED) is 0.809. The zero-order valence-electron chi connectivity index (χ0n) is 11.4. The minimum Gasteiger partial charge on any atom is -0.357 e. The van der Waals surface area contributed by atoms with Crippen LogP contribution < -0.4 is 15.5 Å². The van der Waals surface area contributed by atoms with E-state index in [4.69, 9.17) is 0 Å². The van der Waals surface area contributed by atoms with Crippen LogP contribution in [0.4, 0.5) is 17.8 Å². The molecule has 6 nitrogen and oxygen atoms in total. The van der Waals surface area contributed by atoms with Crippen LogP contribution in [0.15, 0.2) is 0 Å². The molecule has 0 aliphatic carbocycles.